The summed E-state index contributed by atoms with van der Waals surface area (Å²) in [6.45, 7) is 0.612. The largest absolute Gasteiger partial charge is 0.493 e. The molecular formula is C21H21NO5. The molecule has 0 aliphatic carbocycles. The van der Waals surface area contributed by atoms with E-state index in [4.69, 9.17) is 18.9 Å². The molecule has 0 unspecified atom stereocenters. The van der Waals surface area contributed by atoms with Crippen LogP contribution in [0.25, 0.3) is 22.0 Å². The van der Waals surface area contributed by atoms with Crippen molar-refractivity contribution >= 4 is 10.8 Å². The second kappa shape index (κ2) is 6.54. The fourth-order valence-electron chi connectivity index (χ4n) is 3.72. The number of hydrogen-bond acceptors (Lipinski definition) is 5. The minimum Gasteiger partial charge on any atom is -0.493 e. The van der Waals surface area contributed by atoms with E-state index in [0.29, 0.717) is 34.9 Å². The van der Waals surface area contributed by atoms with Crippen molar-refractivity contribution in [3.63, 3.8) is 0 Å². The second-order valence-electron chi connectivity index (χ2n) is 6.40. The van der Waals surface area contributed by atoms with Crippen molar-refractivity contribution in [2.45, 2.75) is 13.0 Å². The molecule has 6 nitrogen and oxygen atoms in total. The summed E-state index contributed by atoms with van der Waals surface area (Å²) >= 11 is 0. The van der Waals surface area contributed by atoms with E-state index in [1.807, 2.05) is 28.8 Å². The fraction of sp³-hybridized carbons (Fsp3) is 0.286. The van der Waals surface area contributed by atoms with Gasteiger partial charge in [-0.15, -0.1) is 0 Å². The van der Waals surface area contributed by atoms with Gasteiger partial charge in [0.1, 0.15) is 0 Å². The van der Waals surface area contributed by atoms with E-state index in [1.165, 1.54) is 0 Å². The molecule has 27 heavy (non-hydrogen) atoms. The minimum absolute atomic E-state index is 0.0381. The molecule has 0 radical (unpaired) electrons. The molecule has 0 saturated heterocycles. The smallest absolute Gasteiger partial charge is 0.259 e. The number of rotatable bonds is 4. The third kappa shape index (κ3) is 2.60. The SMILES string of the molecule is COc1cc2c(cc1OC)-c1cc3cc(OC)c(OC)cc3c(=O)n1CC2. The van der Waals surface area contributed by atoms with Gasteiger partial charge in [0.15, 0.2) is 23.0 Å². The molecule has 0 fully saturated rings. The number of aromatic nitrogens is 1. The molecule has 2 aromatic carbocycles. The Morgan fingerprint density at radius 2 is 1.37 bits per heavy atom. The van der Waals surface area contributed by atoms with Crippen molar-refractivity contribution in [1.29, 1.82) is 0 Å². The average molecular weight is 367 g/mol. The molecule has 4 rings (SSSR count). The van der Waals surface area contributed by atoms with Gasteiger partial charge in [-0.3, -0.25) is 4.79 Å². The lowest BCUT2D eigenvalue weighted by atomic mass is 9.95. The molecule has 0 saturated carbocycles. The van der Waals surface area contributed by atoms with Crippen molar-refractivity contribution < 1.29 is 18.9 Å². The highest BCUT2D eigenvalue weighted by atomic mass is 16.5. The van der Waals surface area contributed by atoms with Gasteiger partial charge in [-0.05, 0) is 47.7 Å². The van der Waals surface area contributed by atoms with E-state index >= 15 is 0 Å². The number of nitrogens with zero attached hydrogens (tertiary/aromatic N) is 1. The normalized spacial score (nSPS) is 12.3. The van der Waals surface area contributed by atoms with Gasteiger partial charge in [-0.25, -0.2) is 0 Å². The van der Waals surface area contributed by atoms with Crippen LogP contribution in [0, 0.1) is 0 Å². The first-order valence-electron chi connectivity index (χ1n) is 8.66. The van der Waals surface area contributed by atoms with Crippen molar-refractivity contribution in [3.8, 4) is 34.3 Å². The van der Waals surface area contributed by atoms with Crippen LogP contribution in [-0.2, 0) is 13.0 Å². The number of pyridine rings is 1. The minimum atomic E-state index is -0.0381. The maximum atomic E-state index is 13.1. The van der Waals surface area contributed by atoms with Crippen LogP contribution < -0.4 is 24.5 Å². The molecule has 6 heteroatoms. The molecule has 1 aliphatic rings. The highest BCUT2D eigenvalue weighted by molar-refractivity contribution is 5.89. The van der Waals surface area contributed by atoms with Crippen LogP contribution in [0.3, 0.4) is 0 Å². The Bertz CT molecular complexity index is 1100. The Morgan fingerprint density at radius 3 is 2.04 bits per heavy atom. The number of ether oxygens (including phenoxy) is 4. The lowest BCUT2D eigenvalue weighted by molar-refractivity contribution is 0.354. The van der Waals surface area contributed by atoms with Crippen LogP contribution in [0.5, 0.6) is 23.0 Å². The summed E-state index contributed by atoms with van der Waals surface area (Å²) < 4.78 is 23.4. The molecular weight excluding hydrogens is 346 g/mol. The Morgan fingerprint density at radius 1 is 0.778 bits per heavy atom. The molecule has 1 aromatic heterocycles. The first-order valence-corrected chi connectivity index (χ1v) is 8.66. The van der Waals surface area contributed by atoms with E-state index in [-0.39, 0.29) is 5.56 Å². The number of aryl methyl sites for hydroxylation is 1. The third-order valence-corrected chi connectivity index (χ3v) is 5.10. The zero-order chi connectivity index (χ0) is 19.1. The van der Waals surface area contributed by atoms with Gasteiger partial charge in [0.05, 0.1) is 39.5 Å². The predicted molar refractivity (Wildman–Crippen MR) is 104 cm³/mol. The zero-order valence-corrected chi connectivity index (χ0v) is 15.8. The first kappa shape index (κ1) is 17.3. The number of hydrogen-bond donors (Lipinski definition) is 0. The Labute approximate surface area is 156 Å². The standard InChI is InChI=1S/C21H21NO5/c1-24-17-8-12-5-6-22-16(14(12)10-19(17)26-3)7-13-9-18(25-2)20(27-4)11-15(13)21(22)23/h7-11H,5-6H2,1-4H3. The first-order chi connectivity index (χ1) is 13.1. The van der Waals surface area contributed by atoms with Gasteiger partial charge in [-0.1, -0.05) is 0 Å². The van der Waals surface area contributed by atoms with Gasteiger partial charge in [0, 0.05) is 12.1 Å². The quantitative estimate of drug-likeness (QED) is 0.708. The van der Waals surface area contributed by atoms with E-state index in [2.05, 4.69) is 0 Å². The summed E-state index contributed by atoms with van der Waals surface area (Å²) in [4.78, 5) is 13.1. The zero-order valence-electron chi connectivity index (χ0n) is 15.8. The second-order valence-corrected chi connectivity index (χ2v) is 6.40. The van der Waals surface area contributed by atoms with Crippen LogP contribution in [-0.4, -0.2) is 33.0 Å². The molecule has 0 spiro atoms. The van der Waals surface area contributed by atoms with Crippen molar-refractivity contribution in [2.24, 2.45) is 0 Å². The Balaban J connectivity index is 2.02. The predicted octanol–water partition coefficient (Wildman–Crippen LogP) is 3.26. The van der Waals surface area contributed by atoms with E-state index in [9.17, 15) is 4.79 Å². The lowest BCUT2D eigenvalue weighted by Crippen LogP contribution is -2.26. The summed E-state index contributed by atoms with van der Waals surface area (Å²) in [5.41, 5.74) is 2.94. The average Bonchev–Trinajstić information content (AvgIpc) is 2.71. The topological polar surface area (TPSA) is 58.9 Å². The van der Waals surface area contributed by atoms with E-state index in [0.717, 1.165) is 28.6 Å². The molecule has 140 valence electrons. The summed E-state index contributed by atoms with van der Waals surface area (Å²) in [7, 11) is 6.38. The molecule has 3 aromatic rings. The lowest BCUT2D eigenvalue weighted by Gasteiger charge is -2.24. The molecule has 0 atom stereocenters. The number of fused-ring (bicyclic) bond motifs is 4. The summed E-state index contributed by atoms with van der Waals surface area (Å²) in [6, 6.07) is 9.52. The Hall–Kier alpha value is -3.15. The maximum absolute atomic E-state index is 13.1. The van der Waals surface area contributed by atoms with Crippen LogP contribution in [0.2, 0.25) is 0 Å². The number of methoxy groups -OCH3 is 4. The van der Waals surface area contributed by atoms with Crippen LogP contribution in [0.4, 0.5) is 0 Å². The molecule has 0 amide bonds. The van der Waals surface area contributed by atoms with Gasteiger partial charge < -0.3 is 23.5 Å². The van der Waals surface area contributed by atoms with Gasteiger partial charge in [0.2, 0.25) is 0 Å². The third-order valence-electron chi connectivity index (χ3n) is 5.10. The van der Waals surface area contributed by atoms with Crippen molar-refractivity contribution in [1.82, 2.24) is 4.57 Å². The summed E-state index contributed by atoms with van der Waals surface area (Å²) in [5.74, 6) is 2.48. The number of benzene rings is 2. The monoisotopic (exact) mass is 367 g/mol. The summed E-state index contributed by atoms with van der Waals surface area (Å²) in [5, 5.41) is 1.42. The molecule has 2 heterocycles. The molecule has 1 aliphatic heterocycles. The van der Waals surface area contributed by atoms with Crippen molar-refractivity contribution in [2.75, 3.05) is 28.4 Å². The fourth-order valence-corrected chi connectivity index (χ4v) is 3.72. The summed E-state index contributed by atoms with van der Waals surface area (Å²) in [6.07, 6.45) is 0.751. The molecule has 0 N–H and O–H groups in total. The van der Waals surface area contributed by atoms with Gasteiger partial charge in [-0.2, -0.15) is 0 Å². The van der Waals surface area contributed by atoms with Crippen LogP contribution in [0.15, 0.2) is 35.1 Å². The van der Waals surface area contributed by atoms with E-state index < -0.39 is 0 Å². The van der Waals surface area contributed by atoms with Gasteiger partial charge >= 0.3 is 0 Å². The maximum Gasteiger partial charge on any atom is 0.259 e. The van der Waals surface area contributed by atoms with E-state index in [1.54, 1.807) is 34.5 Å². The van der Waals surface area contributed by atoms with Crippen molar-refractivity contribution in [3.05, 3.63) is 46.2 Å². The highest BCUT2D eigenvalue weighted by Crippen LogP contribution is 2.39. The van der Waals surface area contributed by atoms with Crippen LogP contribution in [0.1, 0.15) is 5.56 Å². The van der Waals surface area contributed by atoms with Gasteiger partial charge in [0.25, 0.3) is 5.56 Å². The molecule has 0 bridgehead atoms. The Kier molecular flexibility index (Phi) is 4.18. The van der Waals surface area contributed by atoms with Crippen LogP contribution >= 0.6 is 0 Å². The highest BCUT2D eigenvalue weighted by Gasteiger charge is 2.22.